The molecule has 1 aliphatic heterocycles. The molecule has 1 aliphatic carbocycles. The van der Waals surface area contributed by atoms with Crippen LogP contribution in [0.1, 0.15) is 36.8 Å². The van der Waals surface area contributed by atoms with Gasteiger partial charge in [-0.2, -0.15) is 0 Å². The Labute approximate surface area is 187 Å². The highest BCUT2D eigenvalue weighted by Crippen LogP contribution is 2.49. The summed E-state index contributed by atoms with van der Waals surface area (Å²) in [4.78, 5) is 28.6. The summed E-state index contributed by atoms with van der Waals surface area (Å²) in [5.41, 5.74) is 1.66. The second-order valence-electron chi connectivity index (χ2n) is 8.73. The van der Waals surface area contributed by atoms with E-state index < -0.39 is 4.92 Å². The van der Waals surface area contributed by atoms with Crippen LogP contribution in [0, 0.1) is 34.8 Å². The highest BCUT2D eigenvalue weighted by atomic mass is 16.6. The van der Waals surface area contributed by atoms with Gasteiger partial charge >= 0.3 is 6.09 Å². The second kappa shape index (κ2) is 9.97. The van der Waals surface area contributed by atoms with Gasteiger partial charge in [0.05, 0.1) is 11.5 Å². The number of hydrogen-bond donors (Lipinski definition) is 0. The van der Waals surface area contributed by atoms with E-state index >= 15 is 0 Å². The molecular formula is C24H29N3O5. The fourth-order valence-corrected chi connectivity index (χ4v) is 4.61. The topological polar surface area (TPSA) is 94.8 Å². The third-order valence-electron chi connectivity index (χ3n) is 6.54. The number of carbonyl (C=O) groups excluding carboxylic acids is 1. The minimum absolute atomic E-state index is 0.0209. The number of benzene rings is 1. The fraction of sp³-hybridized carbons (Fsp3) is 0.500. The number of ether oxygens (including phenoxy) is 2. The molecule has 1 saturated carbocycles. The molecule has 8 heteroatoms. The molecular weight excluding hydrogens is 410 g/mol. The van der Waals surface area contributed by atoms with Gasteiger partial charge in [-0.3, -0.25) is 10.1 Å². The van der Waals surface area contributed by atoms with Crippen LogP contribution in [0.25, 0.3) is 0 Å². The number of amides is 1. The molecule has 2 fully saturated rings. The summed E-state index contributed by atoms with van der Waals surface area (Å²) >= 11 is 0. The van der Waals surface area contributed by atoms with Crippen molar-refractivity contribution in [2.45, 2.75) is 39.2 Å². The van der Waals surface area contributed by atoms with Crippen molar-refractivity contribution in [1.82, 2.24) is 9.88 Å². The number of rotatable bonds is 8. The molecule has 0 spiro atoms. The third kappa shape index (κ3) is 5.55. The van der Waals surface area contributed by atoms with Crippen LogP contribution < -0.4 is 4.74 Å². The van der Waals surface area contributed by atoms with E-state index in [1.54, 1.807) is 6.92 Å². The SMILES string of the molecule is Cc1cc([N+](=O)[O-])cnc1OCCC1CC1C1CCN(C(=O)OCc2ccccc2)CC1. The number of aromatic nitrogens is 1. The minimum atomic E-state index is -0.452. The Balaban J connectivity index is 1.14. The molecule has 170 valence electrons. The lowest BCUT2D eigenvalue weighted by Crippen LogP contribution is -2.39. The van der Waals surface area contributed by atoms with Crippen LogP contribution >= 0.6 is 0 Å². The van der Waals surface area contributed by atoms with E-state index in [0.717, 1.165) is 37.9 Å². The van der Waals surface area contributed by atoms with Crippen molar-refractivity contribution in [3.63, 3.8) is 0 Å². The monoisotopic (exact) mass is 439 g/mol. The molecule has 8 nitrogen and oxygen atoms in total. The Kier molecular flexibility index (Phi) is 6.87. The van der Waals surface area contributed by atoms with Gasteiger partial charge in [-0.25, -0.2) is 9.78 Å². The first-order valence-corrected chi connectivity index (χ1v) is 11.2. The Morgan fingerprint density at radius 3 is 2.69 bits per heavy atom. The van der Waals surface area contributed by atoms with Gasteiger partial charge in [-0.05, 0) is 55.9 Å². The van der Waals surface area contributed by atoms with Gasteiger partial charge in [0.15, 0.2) is 0 Å². The van der Waals surface area contributed by atoms with E-state index in [0.29, 0.717) is 42.4 Å². The van der Waals surface area contributed by atoms with Crippen molar-refractivity contribution < 1.29 is 19.2 Å². The predicted molar refractivity (Wildman–Crippen MR) is 118 cm³/mol. The number of carbonyl (C=O) groups is 1. The first-order valence-electron chi connectivity index (χ1n) is 11.2. The lowest BCUT2D eigenvalue weighted by molar-refractivity contribution is -0.385. The molecule has 2 atom stereocenters. The first kappa shape index (κ1) is 22.0. The maximum atomic E-state index is 12.3. The molecule has 2 aliphatic rings. The number of piperidine rings is 1. The molecule has 1 aromatic heterocycles. The zero-order chi connectivity index (χ0) is 22.5. The van der Waals surface area contributed by atoms with Crippen molar-refractivity contribution >= 4 is 11.8 Å². The van der Waals surface area contributed by atoms with Gasteiger partial charge in [0.1, 0.15) is 12.8 Å². The summed E-state index contributed by atoms with van der Waals surface area (Å²) in [7, 11) is 0. The van der Waals surface area contributed by atoms with E-state index in [-0.39, 0.29) is 11.8 Å². The van der Waals surface area contributed by atoms with Crippen LogP contribution in [-0.4, -0.2) is 40.6 Å². The fourth-order valence-electron chi connectivity index (χ4n) is 4.61. The average molecular weight is 440 g/mol. The van der Waals surface area contributed by atoms with Gasteiger partial charge in [0, 0.05) is 24.7 Å². The molecule has 1 saturated heterocycles. The molecule has 32 heavy (non-hydrogen) atoms. The molecule has 1 amide bonds. The quantitative estimate of drug-likeness (QED) is 0.435. The van der Waals surface area contributed by atoms with Crippen LogP contribution in [0.2, 0.25) is 0 Å². The summed E-state index contributed by atoms with van der Waals surface area (Å²) in [5, 5.41) is 10.8. The van der Waals surface area contributed by atoms with Crippen molar-refractivity contribution in [2.75, 3.05) is 19.7 Å². The van der Waals surface area contributed by atoms with Crippen LogP contribution in [0.3, 0.4) is 0 Å². The smallest absolute Gasteiger partial charge is 0.410 e. The van der Waals surface area contributed by atoms with Crippen molar-refractivity contribution in [1.29, 1.82) is 0 Å². The molecule has 2 heterocycles. The largest absolute Gasteiger partial charge is 0.477 e. The van der Waals surface area contributed by atoms with Gasteiger partial charge in [-0.1, -0.05) is 30.3 Å². The van der Waals surface area contributed by atoms with Gasteiger partial charge < -0.3 is 14.4 Å². The molecule has 4 rings (SSSR count). The van der Waals surface area contributed by atoms with Crippen molar-refractivity contribution in [3.05, 3.63) is 63.8 Å². The lowest BCUT2D eigenvalue weighted by atomic mass is 9.91. The highest BCUT2D eigenvalue weighted by molar-refractivity contribution is 5.67. The van der Waals surface area contributed by atoms with E-state index in [9.17, 15) is 14.9 Å². The van der Waals surface area contributed by atoms with Crippen molar-refractivity contribution in [2.24, 2.45) is 17.8 Å². The number of pyridine rings is 1. The molecule has 2 unspecified atom stereocenters. The van der Waals surface area contributed by atoms with Crippen LogP contribution in [0.15, 0.2) is 42.6 Å². The summed E-state index contributed by atoms with van der Waals surface area (Å²) < 4.78 is 11.2. The van der Waals surface area contributed by atoms with Crippen LogP contribution in [0.4, 0.5) is 10.5 Å². The average Bonchev–Trinajstić information content (AvgIpc) is 3.59. The normalized spacial score (nSPS) is 20.6. The maximum Gasteiger partial charge on any atom is 0.410 e. The van der Waals surface area contributed by atoms with E-state index in [2.05, 4.69) is 4.98 Å². The van der Waals surface area contributed by atoms with E-state index in [1.807, 2.05) is 35.2 Å². The molecule has 1 aromatic carbocycles. The molecule has 2 aromatic rings. The zero-order valence-electron chi connectivity index (χ0n) is 18.3. The van der Waals surface area contributed by atoms with E-state index in [1.165, 1.54) is 18.7 Å². The number of nitro groups is 1. The standard InChI is InChI=1S/C24H29N3O5/c1-17-13-21(27(29)30)15-25-23(17)31-12-9-20-14-22(20)19-7-10-26(11-8-19)24(28)32-16-18-5-3-2-4-6-18/h2-6,13,15,19-20,22H,7-12,14,16H2,1H3. The predicted octanol–water partition coefficient (Wildman–Crippen LogP) is 4.75. The molecule has 0 N–H and O–H groups in total. The summed E-state index contributed by atoms with van der Waals surface area (Å²) in [6.45, 7) is 4.16. The summed E-state index contributed by atoms with van der Waals surface area (Å²) in [6, 6.07) is 11.2. The Bertz CT molecular complexity index is 944. The summed E-state index contributed by atoms with van der Waals surface area (Å²) in [5.74, 6) is 2.47. The first-order chi connectivity index (χ1) is 15.5. The van der Waals surface area contributed by atoms with Gasteiger partial charge in [0.25, 0.3) is 5.69 Å². The van der Waals surface area contributed by atoms with Crippen LogP contribution in [-0.2, 0) is 11.3 Å². The van der Waals surface area contributed by atoms with Crippen LogP contribution in [0.5, 0.6) is 5.88 Å². The Hall–Kier alpha value is -3.16. The van der Waals surface area contributed by atoms with E-state index in [4.69, 9.17) is 9.47 Å². The zero-order valence-corrected chi connectivity index (χ0v) is 18.3. The highest BCUT2D eigenvalue weighted by Gasteiger charge is 2.43. The second-order valence-corrected chi connectivity index (χ2v) is 8.73. The van der Waals surface area contributed by atoms with Gasteiger partial charge in [0.2, 0.25) is 5.88 Å². The molecule has 0 bridgehead atoms. The minimum Gasteiger partial charge on any atom is -0.477 e. The number of hydrogen-bond acceptors (Lipinski definition) is 6. The number of likely N-dealkylation sites (tertiary alicyclic amines) is 1. The van der Waals surface area contributed by atoms with Crippen molar-refractivity contribution in [3.8, 4) is 5.88 Å². The molecule has 0 radical (unpaired) electrons. The number of nitrogens with zero attached hydrogens (tertiary/aromatic N) is 3. The lowest BCUT2D eigenvalue weighted by Gasteiger charge is -2.31. The van der Waals surface area contributed by atoms with Gasteiger partial charge in [-0.15, -0.1) is 0 Å². The Morgan fingerprint density at radius 1 is 1.25 bits per heavy atom. The third-order valence-corrected chi connectivity index (χ3v) is 6.54. The number of aryl methyl sites for hydroxylation is 1. The Morgan fingerprint density at radius 2 is 2.00 bits per heavy atom. The maximum absolute atomic E-state index is 12.3. The summed E-state index contributed by atoms with van der Waals surface area (Å²) in [6.07, 6.45) is 5.22.